The fourth-order valence-corrected chi connectivity index (χ4v) is 6.04. The SMILES string of the molecule is Cc1c2c(c(C)c3c(C)cccc13)Oc1cc([Si](C)(C)C)cc3cc[n+](C)c-2c13. The maximum atomic E-state index is 6.72. The Hall–Kier alpha value is -2.65. The van der Waals surface area contributed by atoms with Gasteiger partial charge >= 0.3 is 0 Å². The Morgan fingerprint density at radius 3 is 2.38 bits per heavy atom. The number of fused-ring (bicyclic) bond motifs is 3. The van der Waals surface area contributed by atoms with Gasteiger partial charge in [0.15, 0.2) is 6.20 Å². The molecule has 146 valence electrons. The molecule has 1 aliphatic heterocycles. The molecule has 4 aromatic rings. The molecule has 1 aromatic heterocycles. The summed E-state index contributed by atoms with van der Waals surface area (Å²) in [4.78, 5) is 0. The van der Waals surface area contributed by atoms with Crippen LogP contribution >= 0.6 is 0 Å². The Morgan fingerprint density at radius 1 is 0.897 bits per heavy atom. The van der Waals surface area contributed by atoms with Gasteiger partial charge in [0.25, 0.3) is 0 Å². The number of pyridine rings is 1. The topological polar surface area (TPSA) is 13.1 Å². The first kappa shape index (κ1) is 18.4. The van der Waals surface area contributed by atoms with Gasteiger partial charge in [0.2, 0.25) is 5.69 Å². The van der Waals surface area contributed by atoms with Gasteiger partial charge < -0.3 is 4.74 Å². The summed E-state index contributed by atoms with van der Waals surface area (Å²) in [6.45, 7) is 13.8. The molecule has 0 atom stereocenters. The van der Waals surface area contributed by atoms with Crippen molar-refractivity contribution < 1.29 is 9.30 Å². The highest BCUT2D eigenvalue weighted by Gasteiger charge is 2.33. The van der Waals surface area contributed by atoms with Gasteiger partial charge in [-0.15, -0.1) is 0 Å². The number of ether oxygens (including phenoxy) is 1. The van der Waals surface area contributed by atoms with Gasteiger partial charge in [0.05, 0.1) is 19.0 Å². The minimum absolute atomic E-state index is 1.01. The van der Waals surface area contributed by atoms with Crippen molar-refractivity contribution in [3.8, 4) is 22.8 Å². The van der Waals surface area contributed by atoms with Crippen LogP contribution in [0.25, 0.3) is 32.8 Å². The molecule has 0 bridgehead atoms. The average molecular weight is 399 g/mol. The maximum Gasteiger partial charge on any atom is 0.228 e. The molecule has 0 radical (unpaired) electrons. The van der Waals surface area contributed by atoms with E-state index in [1.807, 2.05) is 0 Å². The summed E-state index contributed by atoms with van der Waals surface area (Å²) in [5, 5.41) is 6.60. The van der Waals surface area contributed by atoms with Crippen LogP contribution < -0.4 is 14.5 Å². The average Bonchev–Trinajstić information content (AvgIpc) is 2.67. The van der Waals surface area contributed by atoms with Crippen LogP contribution in [0.4, 0.5) is 0 Å². The standard InChI is InChI=1S/C26H28NOSi/c1-15-9-8-10-20-16(2)23-25-24-18(11-12-27(25)4)13-19(29(5,6)7)14-21(24)28-26(23)17(3)22(15)20/h8-14H,1-7H3/q+1. The lowest BCUT2D eigenvalue weighted by molar-refractivity contribution is -0.659. The quantitative estimate of drug-likeness (QED) is 0.247. The third kappa shape index (κ3) is 2.50. The molecule has 1 aliphatic rings. The second kappa shape index (κ2) is 5.93. The number of rotatable bonds is 1. The van der Waals surface area contributed by atoms with E-state index in [4.69, 9.17) is 4.74 Å². The number of benzene rings is 3. The monoisotopic (exact) mass is 398 g/mol. The zero-order chi connectivity index (χ0) is 20.7. The molecule has 0 aliphatic carbocycles. The Balaban J connectivity index is 1.98. The summed E-state index contributed by atoms with van der Waals surface area (Å²) < 4.78 is 8.98. The molecule has 0 saturated heterocycles. The lowest BCUT2D eigenvalue weighted by Gasteiger charge is -2.26. The van der Waals surface area contributed by atoms with E-state index in [2.05, 4.69) is 94.6 Å². The molecule has 0 spiro atoms. The fourth-order valence-electron chi connectivity index (χ4n) is 4.89. The Kier molecular flexibility index (Phi) is 3.76. The summed E-state index contributed by atoms with van der Waals surface area (Å²) in [7, 11) is 0.687. The third-order valence-corrected chi connectivity index (χ3v) is 8.53. The van der Waals surface area contributed by atoms with Crippen molar-refractivity contribution in [2.75, 3.05) is 0 Å². The lowest BCUT2D eigenvalue weighted by atomic mass is 9.88. The summed E-state index contributed by atoms with van der Waals surface area (Å²) in [6.07, 6.45) is 2.19. The fraction of sp³-hybridized carbons (Fsp3) is 0.269. The highest BCUT2D eigenvalue weighted by Crippen LogP contribution is 2.50. The first-order valence-corrected chi connectivity index (χ1v) is 13.9. The lowest BCUT2D eigenvalue weighted by Crippen LogP contribution is -2.38. The molecule has 0 unspecified atom stereocenters. The van der Waals surface area contributed by atoms with Crippen molar-refractivity contribution in [2.45, 2.75) is 40.4 Å². The smallest absolute Gasteiger partial charge is 0.228 e. The van der Waals surface area contributed by atoms with Gasteiger partial charge in [-0.2, -0.15) is 0 Å². The van der Waals surface area contributed by atoms with Crippen LogP contribution in [0.15, 0.2) is 42.6 Å². The summed E-state index contributed by atoms with van der Waals surface area (Å²) in [5.41, 5.74) is 6.35. The number of nitrogens with zero attached hydrogens (tertiary/aromatic N) is 1. The van der Waals surface area contributed by atoms with Crippen molar-refractivity contribution in [2.24, 2.45) is 7.05 Å². The first-order valence-electron chi connectivity index (χ1n) is 10.4. The zero-order valence-electron chi connectivity index (χ0n) is 18.4. The molecule has 0 fully saturated rings. The Labute approximate surface area is 173 Å². The second-order valence-corrected chi connectivity index (χ2v) is 14.6. The van der Waals surface area contributed by atoms with Gasteiger partial charge in [-0.3, -0.25) is 0 Å². The van der Waals surface area contributed by atoms with Gasteiger partial charge in [0, 0.05) is 11.6 Å². The molecule has 2 nitrogen and oxygen atoms in total. The predicted octanol–water partition coefficient (Wildman–Crippen LogP) is 6.06. The molecular formula is C26H28NOSi+. The van der Waals surface area contributed by atoms with E-state index in [1.54, 1.807) is 0 Å². The normalized spacial score (nSPS) is 12.9. The molecule has 0 saturated carbocycles. The van der Waals surface area contributed by atoms with Gasteiger partial charge in [-0.1, -0.05) is 49.1 Å². The molecule has 3 heteroatoms. The number of aromatic nitrogens is 1. The van der Waals surface area contributed by atoms with Crippen molar-refractivity contribution in [3.05, 3.63) is 59.3 Å². The largest absolute Gasteiger partial charge is 0.455 e. The molecule has 29 heavy (non-hydrogen) atoms. The predicted molar refractivity (Wildman–Crippen MR) is 125 cm³/mol. The number of aryl methyl sites for hydroxylation is 4. The zero-order valence-corrected chi connectivity index (χ0v) is 19.4. The van der Waals surface area contributed by atoms with Crippen LogP contribution in [0.2, 0.25) is 19.6 Å². The Bertz CT molecular complexity index is 1350. The second-order valence-electron chi connectivity index (χ2n) is 9.52. The van der Waals surface area contributed by atoms with Gasteiger partial charge in [0.1, 0.15) is 18.5 Å². The van der Waals surface area contributed by atoms with Crippen LogP contribution in [-0.2, 0) is 7.05 Å². The molecule has 0 N–H and O–H groups in total. The molecule has 0 amide bonds. The highest BCUT2D eigenvalue weighted by molar-refractivity contribution is 6.88. The van der Waals surface area contributed by atoms with Crippen LogP contribution in [0.1, 0.15) is 16.7 Å². The minimum atomic E-state index is -1.46. The van der Waals surface area contributed by atoms with Crippen molar-refractivity contribution >= 4 is 34.8 Å². The molecule has 2 heterocycles. The van der Waals surface area contributed by atoms with Crippen molar-refractivity contribution in [1.29, 1.82) is 0 Å². The summed E-state index contributed by atoms with van der Waals surface area (Å²) in [6, 6.07) is 13.5. The first-order chi connectivity index (χ1) is 13.7. The van der Waals surface area contributed by atoms with Crippen molar-refractivity contribution in [1.82, 2.24) is 0 Å². The maximum absolute atomic E-state index is 6.72. The van der Waals surface area contributed by atoms with E-state index < -0.39 is 8.07 Å². The third-order valence-electron chi connectivity index (χ3n) is 6.51. The van der Waals surface area contributed by atoms with Crippen LogP contribution in [-0.4, -0.2) is 8.07 Å². The van der Waals surface area contributed by atoms with E-state index >= 15 is 0 Å². The highest BCUT2D eigenvalue weighted by atomic mass is 28.3. The summed E-state index contributed by atoms with van der Waals surface area (Å²) in [5.74, 6) is 2.03. The summed E-state index contributed by atoms with van der Waals surface area (Å²) >= 11 is 0. The Morgan fingerprint density at radius 2 is 1.66 bits per heavy atom. The number of hydrogen-bond donors (Lipinski definition) is 0. The molecular weight excluding hydrogens is 370 g/mol. The van der Waals surface area contributed by atoms with E-state index in [1.165, 1.54) is 54.7 Å². The minimum Gasteiger partial charge on any atom is -0.455 e. The van der Waals surface area contributed by atoms with E-state index in [0.29, 0.717) is 0 Å². The van der Waals surface area contributed by atoms with Crippen LogP contribution in [0.3, 0.4) is 0 Å². The van der Waals surface area contributed by atoms with E-state index in [0.717, 1.165) is 11.5 Å². The van der Waals surface area contributed by atoms with Gasteiger partial charge in [-0.25, -0.2) is 4.57 Å². The van der Waals surface area contributed by atoms with Crippen molar-refractivity contribution in [3.63, 3.8) is 0 Å². The molecule has 5 rings (SSSR count). The van der Waals surface area contributed by atoms with E-state index in [-0.39, 0.29) is 0 Å². The molecule has 3 aromatic carbocycles. The number of hydrogen-bond acceptors (Lipinski definition) is 1. The van der Waals surface area contributed by atoms with Gasteiger partial charge in [-0.05, 0) is 54.1 Å². The van der Waals surface area contributed by atoms with Crippen LogP contribution in [0, 0.1) is 20.8 Å². The van der Waals surface area contributed by atoms with E-state index in [9.17, 15) is 0 Å². The van der Waals surface area contributed by atoms with Crippen LogP contribution in [0.5, 0.6) is 11.5 Å².